The smallest absolute Gasteiger partial charge is 0.241 e. The Labute approximate surface area is 123 Å². The van der Waals surface area contributed by atoms with Gasteiger partial charge in [-0.15, -0.1) is 0 Å². The summed E-state index contributed by atoms with van der Waals surface area (Å²) in [5.41, 5.74) is 6.58. The lowest BCUT2D eigenvalue weighted by Gasteiger charge is -2.23. The van der Waals surface area contributed by atoms with Gasteiger partial charge >= 0.3 is 0 Å². The van der Waals surface area contributed by atoms with Crippen LogP contribution in [0.3, 0.4) is 0 Å². The maximum atomic E-state index is 12.1. The van der Waals surface area contributed by atoms with Crippen molar-refractivity contribution in [1.82, 2.24) is 4.90 Å². The molecule has 1 unspecified atom stereocenters. The quantitative estimate of drug-likeness (QED) is 0.821. The normalized spacial score (nSPS) is 12.5. The van der Waals surface area contributed by atoms with E-state index in [4.69, 9.17) is 28.9 Å². The molecule has 1 atom stereocenters. The summed E-state index contributed by atoms with van der Waals surface area (Å²) >= 11 is 11.9. The average Bonchev–Trinajstić information content (AvgIpc) is 2.32. The molecule has 1 aromatic carbocycles. The molecule has 0 aliphatic rings. The van der Waals surface area contributed by atoms with E-state index in [9.17, 15) is 4.79 Å². The highest BCUT2D eigenvalue weighted by atomic mass is 35.5. The van der Waals surface area contributed by atoms with Crippen LogP contribution in [0.15, 0.2) is 12.1 Å². The number of anilines is 2. The van der Waals surface area contributed by atoms with E-state index in [1.165, 1.54) is 0 Å². The topological polar surface area (TPSA) is 58.4 Å². The van der Waals surface area contributed by atoms with E-state index in [0.29, 0.717) is 21.4 Å². The van der Waals surface area contributed by atoms with E-state index in [1.807, 2.05) is 18.9 Å². The minimum atomic E-state index is -0.258. The molecule has 0 saturated carbocycles. The molecule has 0 spiro atoms. The summed E-state index contributed by atoms with van der Waals surface area (Å²) in [5, 5.41) is 3.53. The molecule has 1 rings (SSSR count). The number of rotatable bonds is 5. The fourth-order valence-corrected chi connectivity index (χ4v) is 2.26. The van der Waals surface area contributed by atoms with Crippen LogP contribution in [-0.2, 0) is 4.79 Å². The minimum Gasteiger partial charge on any atom is -0.397 e. The van der Waals surface area contributed by atoms with Crippen molar-refractivity contribution in [3.8, 4) is 0 Å². The molecule has 6 heteroatoms. The number of benzene rings is 1. The lowest BCUT2D eigenvalue weighted by Crippen LogP contribution is -2.40. The van der Waals surface area contributed by atoms with Crippen molar-refractivity contribution >= 4 is 40.5 Å². The predicted octanol–water partition coefficient (Wildman–Crippen LogP) is 3.24. The van der Waals surface area contributed by atoms with Crippen LogP contribution in [0.25, 0.3) is 0 Å². The summed E-state index contributed by atoms with van der Waals surface area (Å²) in [7, 11) is 1.90. The van der Waals surface area contributed by atoms with Crippen molar-refractivity contribution in [2.24, 2.45) is 0 Å². The Bertz CT molecular complexity index is 442. The van der Waals surface area contributed by atoms with E-state index in [1.54, 1.807) is 12.1 Å². The molecule has 106 valence electrons. The maximum Gasteiger partial charge on any atom is 0.241 e. The Hall–Kier alpha value is -0.970. The molecule has 0 fully saturated rings. The number of carbonyl (C=O) groups is 1. The fourth-order valence-electron chi connectivity index (χ4n) is 1.70. The van der Waals surface area contributed by atoms with Gasteiger partial charge in [0.25, 0.3) is 0 Å². The van der Waals surface area contributed by atoms with Crippen molar-refractivity contribution in [1.29, 1.82) is 0 Å². The number of hydrogen-bond donors (Lipinski definition) is 2. The third-order valence-corrected chi connectivity index (χ3v) is 3.47. The fraction of sp³-hybridized carbons (Fsp3) is 0.462. The van der Waals surface area contributed by atoms with Crippen LogP contribution in [0, 0.1) is 0 Å². The molecular weight excluding hydrogens is 285 g/mol. The first-order valence-corrected chi connectivity index (χ1v) is 6.88. The van der Waals surface area contributed by atoms with Gasteiger partial charge in [0.15, 0.2) is 0 Å². The van der Waals surface area contributed by atoms with Crippen molar-refractivity contribution in [2.45, 2.75) is 26.3 Å². The zero-order chi connectivity index (χ0) is 14.6. The molecule has 1 aromatic rings. The third-order valence-electron chi connectivity index (χ3n) is 2.95. The lowest BCUT2D eigenvalue weighted by atomic mass is 10.2. The zero-order valence-electron chi connectivity index (χ0n) is 11.3. The first-order chi connectivity index (χ1) is 8.86. The van der Waals surface area contributed by atoms with Gasteiger partial charge in [-0.3, -0.25) is 9.69 Å². The van der Waals surface area contributed by atoms with E-state index in [0.717, 1.165) is 13.0 Å². The van der Waals surface area contributed by atoms with Crippen molar-refractivity contribution in [3.05, 3.63) is 22.2 Å². The number of halogens is 2. The van der Waals surface area contributed by atoms with E-state index >= 15 is 0 Å². The summed E-state index contributed by atoms with van der Waals surface area (Å²) in [6, 6.07) is 2.85. The number of nitrogen functional groups attached to an aromatic ring is 1. The van der Waals surface area contributed by atoms with Gasteiger partial charge in [0.05, 0.1) is 22.4 Å². The SMILES string of the molecule is CCCN(C)C(C)C(=O)Nc1c(N)cc(Cl)cc1Cl. The molecule has 19 heavy (non-hydrogen) atoms. The molecule has 0 heterocycles. The van der Waals surface area contributed by atoms with E-state index in [2.05, 4.69) is 12.2 Å². The van der Waals surface area contributed by atoms with Crippen molar-refractivity contribution < 1.29 is 4.79 Å². The monoisotopic (exact) mass is 303 g/mol. The maximum absolute atomic E-state index is 12.1. The summed E-state index contributed by atoms with van der Waals surface area (Å²) in [6.45, 7) is 4.75. The largest absolute Gasteiger partial charge is 0.397 e. The Balaban J connectivity index is 2.83. The number of hydrogen-bond acceptors (Lipinski definition) is 3. The molecule has 0 aliphatic heterocycles. The number of nitrogens with zero attached hydrogens (tertiary/aromatic N) is 1. The van der Waals surface area contributed by atoms with Crippen molar-refractivity contribution in [3.63, 3.8) is 0 Å². The number of nitrogens with two attached hydrogens (primary N) is 1. The molecule has 3 N–H and O–H groups in total. The highest BCUT2D eigenvalue weighted by molar-refractivity contribution is 6.37. The molecule has 0 aliphatic carbocycles. The van der Waals surface area contributed by atoms with Gasteiger partial charge in [0, 0.05) is 5.02 Å². The van der Waals surface area contributed by atoms with Gasteiger partial charge in [-0.25, -0.2) is 0 Å². The van der Waals surface area contributed by atoms with Gasteiger partial charge in [0.1, 0.15) is 0 Å². The first-order valence-electron chi connectivity index (χ1n) is 6.12. The van der Waals surface area contributed by atoms with Gasteiger partial charge in [-0.05, 0) is 39.1 Å². The predicted molar refractivity (Wildman–Crippen MR) is 81.9 cm³/mol. The highest BCUT2D eigenvalue weighted by Gasteiger charge is 2.19. The van der Waals surface area contributed by atoms with Crippen LogP contribution in [0.4, 0.5) is 11.4 Å². The van der Waals surface area contributed by atoms with E-state index in [-0.39, 0.29) is 11.9 Å². The lowest BCUT2D eigenvalue weighted by molar-refractivity contribution is -0.120. The Kier molecular flexibility index (Phi) is 5.91. The van der Waals surface area contributed by atoms with Gasteiger partial charge in [-0.1, -0.05) is 30.1 Å². The average molecular weight is 304 g/mol. The number of nitrogens with one attached hydrogen (secondary N) is 1. The Morgan fingerprint density at radius 2 is 2.11 bits per heavy atom. The van der Waals surface area contributed by atoms with Gasteiger partial charge < -0.3 is 11.1 Å². The molecule has 0 bridgehead atoms. The summed E-state index contributed by atoms with van der Waals surface area (Å²) in [4.78, 5) is 14.1. The van der Waals surface area contributed by atoms with Crippen LogP contribution in [-0.4, -0.2) is 30.4 Å². The minimum absolute atomic E-state index is 0.146. The summed E-state index contributed by atoms with van der Waals surface area (Å²) in [6.07, 6.45) is 0.984. The Morgan fingerprint density at radius 3 is 2.63 bits per heavy atom. The van der Waals surface area contributed by atoms with Gasteiger partial charge in [-0.2, -0.15) is 0 Å². The second kappa shape index (κ2) is 6.98. The summed E-state index contributed by atoms with van der Waals surface area (Å²) in [5.74, 6) is -0.146. The van der Waals surface area contributed by atoms with Gasteiger partial charge in [0.2, 0.25) is 5.91 Å². The molecular formula is C13H19Cl2N3O. The molecule has 0 radical (unpaired) electrons. The molecule has 0 saturated heterocycles. The second-order valence-corrected chi connectivity index (χ2v) is 5.34. The highest BCUT2D eigenvalue weighted by Crippen LogP contribution is 2.32. The number of likely N-dealkylation sites (N-methyl/N-ethyl adjacent to an activating group) is 1. The van der Waals surface area contributed by atoms with Crippen LogP contribution in [0.5, 0.6) is 0 Å². The molecule has 1 amide bonds. The zero-order valence-corrected chi connectivity index (χ0v) is 12.8. The van der Waals surface area contributed by atoms with Crippen LogP contribution >= 0.6 is 23.2 Å². The van der Waals surface area contributed by atoms with Crippen LogP contribution in [0.2, 0.25) is 10.0 Å². The first kappa shape index (κ1) is 16.1. The second-order valence-electron chi connectivity index (χ2n) is 4.50. The number of amides is 1. The van der Waals surface area contributed by atoms with E-state index < -0.39 is 0 Å². The van der Waals surface area contributed by atoms with Crippen LogP contribution in [0.1, 0.15) is 20.3 Å². The number of carbonyl (C=O) groups excluding carboxylic acids is 1. The third kappa shape index (κ3) is 4.27. The molecule has 4 nitrogen and oxygen atoms in total. The van der Waals surface area contributed by atoms with Crippen LogP contribution < -0.4 is 11.1 Å². The Morgan fingerprint density at radius 1 is 1.47 bits per heavy atom. The summed E-state index contributed by atoms with van der Waals surface area (Å²) < 4.78 is 0. The van der Waals surface area contributed by atoms with Crippen molar-refractivity contribution in [2.75, 3.05) is 24.6 Å². The molecule has 0 aromatic heterocycles. The standard InChI is InChI=1S/C13H19Cl2N3O/c1-4-5-18(3)8(2)13(19)17-12-10(15)6-9(14)7-11(12)16/h6-8H,4-5,16H2,1-3H3,(H,17,19).